The van der Waals surface area contributed by atoms with Gasteiger partial charge in [0.25, 0.3) is 0 Å². The van der Waals surface area contributed by atoms with E-state index in [0.717, 1.165) is 10.9 Å². The summed E-state index contributed by atoms with van der Waals surface area (Å²) in [5.41, 5.74) is 2.03. The molecule has 1 N–H and O–H groups in total. The number of aromatic amines is 1. The molecule has 86 valence electrons. The topological polar surface area (TPSA) is 56.6 Å². The highest BCUT2D eigenvalue weighted by molar-refractivity contribution is 6.09. The molecule has 0 aliphatic carbocycles. The monoisotopic (exact) mass is 226 g/mol. The summed E-state index contributed by atoms with van der Waals surface area (Å²) in [6, 6.07) is 7.56. The third-order valence-electron chi connectivity index (χ3n) is 2.72. The van der Waals surface area contributed by atoms with Crippen molar-refractivity contribution in [3.63, 3.8) is 0 Å². The number of rotatable bonds is 3. The molecule has 0 radical (unpaired) electrons. The Bertz CT molecular complexity index is 602. The molecular weight excluding hydrogens is 212 g/mol. The van der Waals surface area contributed by atoms with Gasteiger partial charge in [-0.25, -0.2) is 0 Å². The molecule has 0 saturated carbocycles. The van der Waals surface area contributed by atoms with E-state index in [1.54, 1.807) is 12.3 Å². The molecule has 0 aliphatic rings. The lowest BCUT2D eigenvalue weighted by Gasteiger charge is -2.03. The number of nitrogens with zero attached hydrogens (tertiary/aromatic N) is 1. The maximum Gasteiger partial charge on any atom is 0.165 e. The van der Waals surface area contributed by atoms with E-state index in [-0.39, 0.29) is 5.78 Å². The molecule has 0 spiro atoms. The Balaban J connectivity index is 2.56. The maximum absolute atomic E-state index is 12.1. The molecule has 2 aromatic rings. The molecule has 17 heavy (non-hydrogen) atoms. The molecular formula is C14H14N2O. The third kappa shape index (κ3) is 2.07. The summed E-state index contributed by atoms with van der Waals surface area (Å²) < 4.78 is 0. The first-order valence-corrected chi connectivity index (χ1v) is 5.67. The molecule has 0 unspecified atom stereocenters. The molecule has 0 aliphatic heterocycles. The Labute approximate surface area is 100 Å². The second-order valence-electron chi connectivity index (χ2n) is 4.56. The molecule has 1 heterocycles. The first-order chi connectivity index (χ1) is 8.13. The number of benzene rings is 1. The van der Waals surface area contributed by atoms with Crippen molar-refractivity contribution in [3.05, 3.63) is 35.5 Å². The number of hydrogen-bond acceptors (Lipinski definition) is 2. The van der Waals surface area contributed by atoms with E-state index in [1.807, 2.05) is 26.0 Å². The summed E-state index contributed by atoms with van der Waals surface area (Å²) >= 11 is 0. The van der Waals surface area contributed by atoms with Crippen LogP contribution in [-0.4, -0.2) is 10.8 Å². The van der Waals surface area contributed by atoms with Gasteiger partial charge in [-0.2, -0.15) is 5.26 Å². The van der Waals surface area contributed by atoms with E-state index in [4.69, 9.17) is 5.26 Å². The second-order valence-corrected chi connectivity index (χ2v) is 4.56. The molecule has 1 aromatic heterocycles. The number of carbonyl (C=O) groups is 1. The Morgan fingerprint density at radius 2 is 2.24 bits per heavy atom. The van der Waals surface area contributed by atoms with Crippen LogP contribution in [0.3, 0.4) is 0 Å². The molecule has 0 saturated heterocycles. The van der Waals surface area contributed by atoms with Crippen molar-refractivity contribution in [3.8, 4) is 6.07 Å². The van der Waals surface area contributed by atoms with Crippen LogP contribution in [0.25, 0.3) is 10.9 Å². The lowest BCUT2D eigenvalue weighted by atomic mass is 9.99. The Morgan fingerprint density at radius 1 is 1.47 bits per heavy atom. The molecule has 0 bridgehead atoms. The summed E-state index contributed by atoms with van der Waals surface area (Å²) in [6.45, 7) is 4.02. The van der Waals surface area contributed by atoms with E-state index in [1.165, 1.54) is 0 Å². The lowest BCUT2D eigenvalue weighted by molar-refractivity contribution is 0.0969. The van der Waals surface area contributed by atoms with Gasteiger partial charge in [0.05, 0.1) is 11.6 Å². The first kappa shape index (κ1) is 11.4. The summed E-state index contributed by atoms with van der Waals surface area (Å²) in [5.74, 6) is 0.413. The molecule has 3 nitrogen and oxygen atoms in total. The maximum atomic E-state index is 12.1. The van der Waals surface area contributed by atoms with Crippen molar-refractivity contribution in [2.24, 2.45) is 5.92 Å². The minimum Gasteiger partial charge on any atom is -0.360 e. The van der Waals surface area contributed by atoms with Crippen molar-refractivity contribution in [2.75, 3.05) is 0 Å². The third-order valence-corrected chi connectivity index (χ3v) is 2.72. The van der Waals surface area contributed by atoms with Gasteiger partial charge in [0.1, 0.15) is 0 Å². The van der Waals surface area contributed by atoms with Crippen LogP contribution in [0.4, 0.5) is 0 Å². The standard InChI is InChI=1S/C14H14N2O/c1-9(2)6-13(17)11-8-16-12-5-3-4-10(7-15)14(11)12/h3-5,8-9,16H,6H2,1-2H3. The summed E-state index contributed by atoms with van der Waals surface area (Å²) in [5, 5.41) is 9.82. The number of hydrogen-bond donors (Lipinski definition) is 1. The molecule has 0 fully saturated rings. The zero-order chi connectivity index (χ0) is 12.4. The van der Waals surface area contributed by atoms with Crippen LogP contribution >= 0.6 is 0 Å². The van der Waals surface area contributed by atoms with Crippen LogP contribution in [-0.2, 0) is 0 Å². The van der Waals surface area contributed by atoms with Gasteiger partial charge in [-0.15, -0.1) is 0 Å². The summed E-state index contributed by atoms with van der Waals surface area (Å²) in [6.07, 6.45) is 2.21. The predicted octanol–water partition coefficient (Wildman–Crippen LogP) is 3.27. The van der Waals surface area contributed by atoms with E-state index in [2.05, 4.69) is 11.1 Å². The molecule has 0 atom stereocenters. The highest BCUT2D eigenvalue weighted by Crippen LogP contribution is 2.24. The summed E-state index contributed by atoms with van der Waals surface area (Å²) in [7, 11) is 0. The fraction of sp³-hybridized carbons (Fsp3) is 0.286. The molecule has 2 rings (SSSR count). The fourth-order valence-corrected chi connectivity index (χ4v) is 1.98. The Kier molecular flexibility index (Phi) is 2.97. The van der Waals surface area contributed by atoms with E-state index in [0.29, 0.717) is 23.5 Å². The number of H-pyrrole nitrogens is 1. The lowest BCUT2D eigenvalue weighted by Crippen LogP contribution is -2.03. The number of nitrogens with one attached hydrogen (secondary N) is 1. The smallest absolute Gasteiger partial charge is 0.165 e. The number of nitriles is 1. The van der Waals surface area contributed by atoms with Crippen LogP contribution in [0.5, 0.6) is 0 Å². The average molecular weight is 226 g/mol. The van der Waals surface area contributed by atoms with Gasteiger partial charge >= 0.3 is 0 Å². The van der Waals surface area contributed by atoms with Crippen LogP contribution in [0.1, 0.15) is 36.2 Å². The van der Waals surface area contributed by atoms with Crippen molar-refractivity contribution < 1.29 is 4.79 Å². The molecule has 1 aromatic carbocycles. The number of ketones is 1. The minimum atomic E-state index is 0.0916. The highest BCUT2D eigenvalue weighted by atomic mass is 16.1. The van der Waals surface area contributed by atoms with Gasteiger partial charge in [0, 0.05) is 29.1 Å². The van der Waals surface area contributed by atoms with Gasteiger partial charge in [-0.3, -0.25) is 4.79 Å². The van der Waals surface area contributed by atoms with Gasteiger partial charge in [0.15, 0.2) is 5.78 Å². The van der Waals surface area contributed by atoms with Crippen molar-refractivity contribution in [2.45, 2.75) is 20.3 Å². The van der Waals surface area contributed by atoms with Gasteiger partial charge in [-0.1, -0.05) is 19.9 Å². The number of Topliss-reactive ketones (excluding diaryl/α,β-unsaturated/α-hetero) is 1. The SMILES string of the molecule is CC(C)CC(=O)c1c[nH]c2cccc(C#N)c12. The zero-order valence-electron chi connectivity index (χ0n) is 9.95. The molecule has 0 amide bonds. The van der Waals surface area contributed by atoms with Gasteiger partial charge < -0.3 is 4.98 Å². The number of carbonyl (C=O) groups excluding carboxylic acids is 1. The first-order valence-electron chi connectivity index (χ1n) is 5.67. The van der Waals surface area contributed by atoms with E-state index >= 15 is 0 Å². The minimum absolute atomic E-state index is 0.0916. The summed E-state index contributed by atoms with van der Waals surface area (Å²) in [4.78, 5) is 15.1. The van der Waals surface area contributed by atoms with Crippen molar-refractivity contribution >= 4 is 16.7 Å². The van der Waals surface area contributed by atoms with E-state index in [9.17, 15) is 4.79 Å². The average Bonchev–Trinajstić information content (AvgIpc) is 2.71. The number of aromatic nitrogens is 1. The van der Waals surface area contributed by atoms with Crippen LogP contribution in [0, 0.1) is 17.2 Å². The van der Waals surface area contributed by atoms with Gasteiger partial charge in [-0.05, 0) is 18.1 Å². The predicted molar refractivity (Wildman–Crippen MR) is 66.8 cm³/mol. The fourth-order valence-electron chi connectivity index (χ4n) is 1.98. The van der Waals surface area contributed by atoms with E-state index < -0.39 is 0 Å². The Morgan fingerprint density at radius 3 is 2.88 bits per heavy atom. The quantitative estimate of drug-likeness (QED) is 0.816. The van der Waals surface area contributed by atoms with Crippen LogP contribution in [0.2, 0.25) is 0 Å². The largest absolute Gasteiger partial charge is 0.360 e. The van der Waals surface area contributed by atoms with Crippen molar-refractivity contribution in [1.82, 2.24) is 4.98 Å². The molecule has 3 heteroatoms. The van der Waals surface area contributed by atoms with Crippen LogP contribution < -0.4 is 0 Å². The van der Waals surface area contributed by atoms with Crippen molar-refractivity contribution in [1.29, 1.82) is 5.26 Å². The normalized spacial score (nSPS) is 10.7. The Hall–Kier alpha value is -2.08. The van der Waals surface area contributed by atoms with Gasteiger partial charge in [0.2, 0.25) is 0 Å². The van der Waals surface area contributed by atoms with Crippen LogP contribution in [0.15, 0.2) is 24.4 Å². The highest BCUT2D eigenvalue weighted by Gasteiger charge is 2.15. The number of fused-ring (bicyclic) bond motifs is 1. The zero-order valence-corrected chi connectivity index (χ0v) is 9.95. The second kappa shape index (κ2) is 4.42.